The van der Waals surface area contributed by atoms with Crippen molar-refractivity contribution in [2.45, 2.75) is 64.2 Å². The number of morpholine rings is 1. The molecular weight excluding hydrogens is 212 g/mol. The minimum Gasteiger partial charge on any atom is -0.371 e. The summed E-state index contributed by atoms with van der Waals surface area (Å²) in [6, 6.07) is 0.786. The monoisotopic (exact) mass is 240 g/mol. The van der Waals surface area contributed by atoms with E-state index in [0.717, 1.165) is 25.0 Å². The smallest absolute Gasteiger partial charge is 0.0828 e. The minimum absolute atomic E-state index is 0.248. The molecule has 2 rings (SSSR count). The topological polar surface area (TPSA) is 38.5 Å². The zero-order valence-electron chi connectivity index (χ0n) is 11.4. The molecule has 1 heterocycles. The van der Waals surface area contributed by atoms with E-state index in [0.29, 0.717) is 12.6 Å². The first-order chi connectivity index (χ1) is 8.24. The highest BCUT2D eigenvalue weighted by Gasteiger charge is 2.34. The lowest BCUT2D eigenvalue weighted by atomic mass is 9.81. The number of rotatable bonds is 3. The summed E-state index contributed by atoms with van der Waals surface area (Å²) in [5.74, 6) is 0.896. The zero-order chi connectivity index (χ0) is 12.3. The van der Waals surface area contributed by atoms with Crippen molar-refractivity contribution in [3.05, 3.63) is 0 Å². The van der Waals surface area contributed by atoms with Crippen LogP contribution in [0.25, 0.3) is 0 Å². The first-order valence-corrected chi connectivity index (χ1v) is 7.34. The largest absolute Gasteiger partial charge is 0.371 e. The van der Waals surface area contributed by atoms with Gasteiger partial charge in [-0.25, -0.2) is 0 Å². The zero-order valence-corrected chi connectivity index (χ0v) is 11.4. The van der Waals surface area contributed by atoms with Gasteiger partial charge in [-0.2, -0.15) is 0 Å². The molecule has 0 aromatic heterocycles. The summed E-state index contributed by atoms with van der Waals surface area (Å²) in [5, 5.41) is 0. The molecule has 2 aliphatic rings. The molecule has 3 heteroatoms. The van der Waals surface area contributed by atoms with Gasteiger partial charge in [-0.15, -0.1) is 0 Å². The van der Waals surface area contributed by atoms with Gasteiger partial charge in [0.05, 0.1) is 12.2 Å². The molecule has 2 fully saturated rings. The van der Waals surface area contributed by atoms with Gasteiger partial charge in [-0.1, -0.05) is 26.2 Å². The molecule has 1 saturated carbocycles. The van der Waals surface area contributed by atoms with Crippen LogP contribution in [-0.2, 0) is 4.74 Å². The van der Waals surface area contributed by atoms with Gasteiger partial charge in [0.2, 0.25) is 0 Å². The van der Waals surface area contributed by atoms with Crippen molar-refractivity contribution < 1.29 is 4.74 Å². The SMILES string of the molecule is CCC1CCCCC1N1CC(C)OC(CN)C1. The third-order valence-electron chi connectivity index (χ3n) is 4.48. The van der Waals surface area contributed by atoms with E-state index in [1.807, 2.05) is 0 Å². The lowest BCUT2D eigenvalue weighted by molar-refractivity contribution is -0.0949. The van der Waals surface area contributed by atoms with Crippen LogP contribution in [0, 0.1) is 5.92 Å². The molecule has 0 bridgehead atoms. The van der Waals surface area contributed by atoms with E-state index in [1.165, 1.54) is 32.1 Å². The molecule has 1 aliphatic heterocycles. The number of hydrogen-bond donors (Lipinski definition) is 1. The molecule has 0 aromatic carbocycles. The van der Waals surface area contributed by atoms with Crippen molar-refractivity contribution in [3.63, 3.8) is 0 Å². The molecule has 1 saturated heterocycles. The van der Waals surface area contributed by atoms with Gasteiger partial charge in [-0.05, 0) is 25.7 Å². The van der Waals surface area contributed by atoms with Crippen molar-refractivity contribution in [2.24, 2.45) is 11.7 Å². The molecule has 0 amide bonds. The highest BCUT2D eigenvalue weighted by molar-refractivity contribution is 4.87. The second kappa shape index (κ2) is 6.17. The summed E-state index contributed by atoms with van der Waals surface area (Å²) in [4.78, 5) is 2.67. The average molecular weight is 240 g/mol. The van der Waals surface area contributed by atoms with E-state index in [4.69, 9.17) is 10.5 Å². The fourth-order valence-corrected chi connectivity index (χ4v) is 3.63. The first kappa shape index (κ1) is 13.3. The Labute approximate surface area is 106 Å². The molecule has 0 spiro atoms. The van der Waals surface area contributed by atoms with Crippen LogP contribution in [0.15, 0.2) is 0 Å². The first-order valence-electron chi connectivity index (χ1n) is 7.34. The van der Waals surface area contributed by atoms with Gasteiger partial charge in [0.15, 0.2) is 0 Å². The van der Waals surface area contributed by atoms with Crippen LogP contribution in [-0.4, -0.2) is 42.8 Å². The lowest BCUT2D eigenvalue weighted by Crippen LogP contribution is -2.55. The molecule has 17 heavy (non-hydrogen) atoms. The molecular formula is C14H28N2O. The Morgan fingerprint density at radius 2 is 2.00 bits per heavy atom. The molecule has 3 nitrogen and oxygen atoms in total. The highest BCUT2D eigenvalue weighted by Crippen LogP contribution is 2.32. The van der Waals surface area contributed by atoms with Crippen LogP contribution in [0.2, 0.25) is 0 Å². The number of nitrogens with zero attached hydrogens (tertiary/aromatic N) is 1. The van der Waals surface area contributed by atoms with E-state index in [9.17, 15) is 0 Å². The van der Waals surface area contributed by atoms with E-state index < -0.39 is 0 Å². The predicted octanol–water partition coefficient (Wildman–Crippen LogP) is 2.00. The van der Waals surface area contributed by atoms with Crippen LogP contribution < -0.4 is 5.73 Å². The van der Waals surface area contributed by atoms with E-state index in [1.54, 1.807) is 0 Å². The number of ether oxygens (including phenoxy) is 1. The standard InChI is InChI=1S/C14H28N2O/c1-3-12-6-4-5-7-14(12)16-9-11(2)17-13(8-15)10-16/h11-14H,3-10,15H2,1-2H3. The summed E-state index contributed by atoms with van der Waals surface area (Å²) in [5.41, 5.74) is 5.77. The molecule has 0 aromatic rings. The van der Waals surface area contributed by atoms with E-state index >= 15 is 0 Å². The van der Waals surface area contributed by atoms with Gasteiger partial charge in [-0.3, -0.25) is 4.90 Å². The Hall–Kier alpha value is -0.120. The quantitative estimate of drug-likeness (QED) is 0.820. The van der Waals surface area contributed by atoms with Gasteiger partial charge < -0.3 is 10.5 Å². The number of hydrogen-bond acceptors (Lipinski definition) is 3. The third kappa shape index (κ3) is 3.21. The molecule has 100 valence electrons. The second-order valence-corrected chi connectivity index (χ2v) is 5.78. The fraction of sp³-hybridized carbons (Fsp3) is 1.00. The van der Waals surface area contributed by atoms with Gasteiger partial charge in [0.25, 0.3) is 0 Å². The van der Waals surface area contributed by atoms with Crippen molar-refractivity contribution in [2.75, 3.05) is 19.6 Å². The fourth-order valence-electron chi connectivity index (χ4n) is 3.63. The molecule has 4 atom stereocenters. The van der Waals surface area contributed by atoms with Crippen molar-refractivity contribution in [3.8, 4) is 0 Å². The molecule has 2 N–H and O–H groups in total. The predicted molar refractivity (Wildman–Crippen MR) is 71.0 cm³/mol. The van der Waals surface area contributed by atoms with Crippen molar-refractivity contribution in [1.82, 2.24) is 4.90 Å². The Morgan fingerprint density at radius 3 is 2.71 bits per heavy atom. The van der Waals surface area contributed by atoms with Gasteiger partial charge >= 0.3 is 0 Å². The Balaban J connectivity index is 1.98. The summed E-state index contributed by atoms with van der Waals surface area (Å²) >= 11 is 0. The molecule has 1 aliphatic carbocycles. The maximum absolute atomic E-state index is 5.86. The lowest BCUT2D eigenvalue weighted by Gasteiger charge is -2.45. The normalized spacial score (nSPS) is 40.4. The summed E-state index contributed by atoms with van der Waals surface area (Å²) in [6.07, 6.45) is 7.54. The minimum atomic E-state index is 0.248. The summed E-state index contributed by atoms with van der Waals surface area (Å²) in [7, 11) is 0. The highest BCUT2D eigenvalue weighted by atomic mass is 16.5. The Kier molecular flexibility index (Phi) is 4.83. The summed E-state index contributed by atoms with van der Waals surface area (Å²) < 4.78 is 5.86. The van der Waals surface area contributed by atoms with Crippen molar-refractivity contribution >= 4 is 0 Å². The van der Waals surface area contributed by atoms with Crippen molar-refractivity contribution in [1.29, 1.82) is 0 Å². The Bertz CT molecular complexity index is 234. The third-order valence-corrected chi connectivity index (χ3v) is 4.48. The Morgan fingerprint density at radius 1 is 1.24 bits per heavy atom. The van der Waals surface area contributed by atoms with Crippen LogP contribution in [0.4, 0.5) is 0 Å². The van der Waals surface area contributed by atoms with Gasteiger partial charge in [0.1, 0.15) is 0 Å². The van der Waals surface area contributed by atoms with Crippen LogP contribution in [0.5, 0.6) is 0 Å². The number of nitrogens with two attached hydrogens (primary N) is 1. The summed E-state index contributed by atoms with van der Waals surface area (Å²) in [6.45, 7) is 7.32. The van der Waals surface area contributed by atoms with Crippen LogP contribution in [0.3, 0.4) is 0 Å². The van der Waals surface area contributed by atoms with Crippen LogP contribution >= 0.6 is 0 Å². The molecule has 4 unspecified atom stereocenters. The van der Waals surface area contributed by atoms with Gasteiger partial charge in [0, 0.05) is 25.7 Å². The van der Waals surface area contributed by atoms with E-state index in [2.05, 4.69) is 18.7 Å². The second-order valence-electron chi connectivity index (χ2n) is 5.78. The molecule has 0 radical (unpaired) electrons. The maximum Gasteiger partial charge on any atom is 0.0828 e. The van der Waals surface area contributed by atoms with E-state index in [-0.39, 0.29) is 6.10 Å². The maximum atomic E-state index is 5.86. The van der Waals surface area contributed by atoms with Crippen LogP contribution in [0.1, 0.15) is 46.0 Å². The average Bonchev–Trinajstić information content (AvgIpc) is 2.37.